The van der Waals surface area contributed by atoms with Gasteiger partial charge in [-0.05, 0) is 18.9 Å². The van der Waals surface area contributed by atoms with Gasteiger partial charge in [0.15, 0.2) is 0 Å². The molecular formula is C16H23N5O. The van der Waals surface area contributed by atoms with Crippen molar-refractivity contribution in [2.45, 2.75) is 38.1 Å². The van der Waals surface area contributed by atoms with Gasteiger partial charge in [0.1, 0.15) is 5.82 Å². The van der Waals surface area contributed by atoms with Crippen LogP contribution in [-0.4, -0.2) is 49.5 Å². The Morgan fingerprint density at radius 1 is 1.27 bits per heavy atom. The second kappa shape index (κ2) is 5.85. The van der Waals surface area contributed by atoms with Gasteiger partial charge >= 0.3 is 0 Å². The third kappa shape index (κ3) is 2.57. The van der Waals surface area contributed by atoms with Crippen LogP contribution in [-0.2, 0) is 24.9 Å². The maximum Gasteiger partial charge on any atom is 0.122 e. The molecule has 0 spiro atoms. The minimum absolute atomic E-state index is 0.332. The van der Waals surface area contributed by atoms with Gasteiger partial charge in [0.05, 0.1) is 19.3 Å². The molecule has 2 aliphatic rings. The van der Waals surface area contributed by atoms with Crippen LogP contribution in [0.5, 0.6) is 0 Å². The highest BCUT2D eigenvalue weighted by atomic mass is 16.5. The Hall–Kier alpha value is -1.66. The topological polar surface area (TPSA) is 48.1 Å². The van der Waals surface area contributed by atoms with E-state index in [0.717, 1.165) is 32.1 Å². The Labute approximate surface area is 130 Å². The van der Waals surface area contributed by atoms with E-state index in [2.05, 4.69) is 26.6 Å². The minimum atomic E-state index is 0.332. The van der Waals surface area contributed by atoms with E-state index >= 15 is 0 Å². The van der Waals surface area contributed by atoms with Crippen molar-refractivity contribution in [2.75, 3.05) is 13.2 Å². The zero-order valence-electron chi connectivity index (χ0n) is 13.0. The molecule has 118 valence electrons. The van der Waals surface area contributed by atoms with Crippen molar-refractivity contribution < 1.29 is 4.74 Å². The van der Waals surface area contributed by atoms with E-state index < -0.39 is 0 Å². The first-order chi connectivity index (χ1) is 10.8. The molecule has 0 unspecified atom stereocenters. The molecule has 6 nitrogen and oxygen atoms in total. The molecule has 6 heteroatoms. The number of hydrogen-bond acceptors (Lipinski definition) is 4. The molecule has 2 aromatic rings. The Bertz CT molecular complexity index is 608. The fraction of sp³-hybridized carbons (Fsp3) is 0.625. The zero-order chi connectivity index (χ0) is 14.9. The summed E-state index contributed by atoms with van der Waals surface area (Å²) in [5.74, 6) is 1.70. The molecule has 1 aliphatic heterocycles. The minimum Gasteiger partial charge on any atom is -0.375 e. The standard InChI is InChI=1S/C16H23N5O/c1-19-8-6-17-15(19)12-20-9-10-22-16-13(3-4-14(16)20)11-21-7-2-5-18-21/h2,5-8,13-14,16H,3-4,9-12H2,1H3/t13-,14-,16-/m1/s1. The van der Waals surface area contributed by atoms with Crippen LogP contribution in [0.3, 0.4) is 0 Å². The lowest BCUT2D eigenvalue weighted by Crippen LogP contribution is -2.50. The van der Waals surface area contributed by atoms with Gasteiger partial charge in [-0.15, -0.1) is 0 Å². The highest BCUT2D eigenvalue weighted by Gasteiger charge is 2.42. The molecule has 0 radical (unpaired) electrons. The predicted molar refractivity (Wildman–Crippen MR) is 82.1 cm³/mol. The molecular weight excluding hydrogens is 278 g/mol. The first-order valence-electron chi connectivity index (χ1n) is 8.10. The fourth-order valence-electron chi connectivity index (χ4n) is 3.91. The second-order valence-corrected chi connectivity index (χ2v) is 6.39. The van der Waals surface area contributed by atoms with Gasteiger partial charge in [-0.25, -0.2) is 4.98 Å². The summed E-state index contributed by atoms with van der Waals surface area (Å²) in [4.78, 5) is 7.03. The van der Waals surface area contributed by atoms with Crippen LogP contribution >= 0.6 is 0 Å². The van der Waals surface area contributed by atoms with Crippen molar-refractivity contribution in [3.8, 4) is 0 Å². The second-order valence-electron chi connectivity index (χ2n) is 6.39. The van der Waals surface area contributed by atoms with Crippen LogP contribution in [0, 0.1) is 5.92 Å². The zero-order valence-corrected chi connectivity index (χ0v) is 13.0. The largest absolute Gasteiger partial charge is 0.375 e. The molecule has 0 amide bonds. The molecule has 0 bridgehead atoms. The van der Waals surface area contributed by atoms with Gasteiger partial charge in [-0.2, -0.15) is 5.10 Å². The molecule has 4 rings (SSSR count). The molecule has 0 N–H and O–H groups in total. The molecule has 1 saturated heterocycles. The van der Waals surface area contributed by atoms with Crippen LogP contribution in [0.4, 0.5) is 0 Å². The number of nitrogens with zero attached hydrogens (tertiary/aromatic N) is 5. The van der Waals surface area contributed by atoms with Crippen LogP contribution < -0.4 is 0 Å². The lowest BCUT2D eigenvalue weighted by molar-refractivity contribution is -0.0798. The number of hydrogen-bond donors (Lipinski definition) is 0. The smallest absolute Gasteiger partial charge is 0.122 e. The summed E-state index contributed by atoms with van der Waals surface area (Å²) in [6.45, 7) is 3.71. The van der Waals surface area contributed by atoms with Crippen molar-refractivity contribution in [3.05, 3.63) is 36.7 Å². The van der Waals surface area contributed by atoms with Crippen LogP contribution in [0.1, 0.15) is 18.7 Å². The molecule has 3 heterocycles. The third-order valence-electron chi connectivity index (χ3n) is 5.08. The normalized spacial score (nSPS) is 28.9. The van der Waals surface area contributed by atoms with Crippen LogP contribution in [0.25, 0.3) is 0 Å². The number of ether oxygens (including phenoxy) is 1. The molecule has 1 saturated carbocycles. The highest BCUT2D eigenvalue weighted by Crippen LogP contribution is 2.36. The number of rotatable bonds is 4. The predicted octanol–water partition coefficient (Wildman–Crippen LogP) is 1.30. The van der Waals surface area contributed by atoms with Gasteiger partial charge < -0.3 is 9.30 Å². The molecule has 22 heavy (non-hydrogen) atoms. The third-order valence-corrected chi connectivity index (χ3v) is 5.08. The van der Waals surface area contributed by atoms with E-state index in [1.165, 1.54) is 12.8 Å². The number of aryl methyl sites for hydroxylation is 1. The van der Waals surface area contributed by atoms with Crippen LogP contribution in [0.15, 0.2) is 30.9 Å². The fourth-order valence-corrected chi connectivity index (χ4v) is 3.91. The number of morpholine rings is 1. The molecule has 1 aliphatic carbocycles. The molecule has 2 fully saturated rings. The Morgan fingerprint density at radius 3 is 3.00 bits per heavy atom. The number of imidazole rings is 1. The quantitative estimate of drug-likeness (QED) is 0.854. The maximum absolute atomic E-state index is 6.13. The van der Waals surface area contributed by atoms with E-state index in [1.807, 2.05) is 35.5 Å². The van der Waals surface area contributed by atoms with E-state index in [-0.39, 0.29) is 0 Å². The number of aromatic nitrogens is 4. The Morgan fingerprint density at radius 2 is 2.23 bits per heavy atom. The van der Waals surface area contributed by atoms with Gasteiger partial charge in [-0.1, -0.05) is 0 Å². The number of fused-ring (bicyclic) bond motifs is 1. The summed E-state index contributed by atoms with van der Waals surface area (Å²) in [6, 6.07) is 2.51. The summed E-state index contributed by atoms with van der Waals surface area (Å²) in [5.41, 5.74) is 0. The summed E-state index contributed by atoms with van der Waals surface area (Å²) >= 11 is 0. The summed E-state index contributed by atoms with van der Waals surface area (Å²) < 4.78 is 10.3. The van der Waals surface area contributed by atoms with Crippen molar-refractivity contribution >= 4 is 0 Å². The Balaban J connectivity index is 1.45. The molecule has 3 atom stereocenters. The van der Waals surface area contributed by atoms with E-state index in [9.17, 15) is 0 Å². The molecule has 0 aromatic carbocycles. The monoisotopic (exact) mass is 301 g/mol. The van der Waals surface area contributed by atoms with Crippen LogP contribution in [0.2, 0.25) is 0 Å². The van der Waals surface area contributed by atoms with Gasteiger partial charge in [0.2, 0.25) is 0 Å². The highest BCUT2D eigenvalue weighted by molar-refractivity contribution is 4.98. The average molecular weight is 301 g/mol. The molecule has 2 aromatic heterocycles. The Kier molecular flexibility index (Phi) is 3.72. The lowest BCUT2D eigenvalue weighted by atomic mass is 10.0. The van der Waals surface area contributed by atoms with E-state index in [4.69, 9.17) is 4.74 Å². The van der Waals surface area contributed by atoms with Gasteiger partial charge in [-0.3, -0.25) is 9.58 Å². The average Bonchev–Trinajstić information content (AvgIpc) is 3.24. The van der Waals surface area contributed by atoms with Gasteiger partial charge in [0, 0.05) is 56.9 Å². The lowest BCUT2D eigenvalue weighted by Gasteiger charge is -2.39. The maximum atomic E-state index is 6.13. The van der Waals surface area contributed by atoms with Crippen molar-refractivity contribution in [2.24, 2.45) is 13.0 Å². The first-order valence-corrected chi connectivity index (χ1v) is 8.10. The summed E-state index contributed by atoms with van der Waals surface area (Å²) in [7, 11) is 2.06. The van der Waals surface area contributed by atoms with Crippen molar-refractivity contribution in [1.29, 1.82) is 0 Å². The van der Waals surface area contributed by atoms with Gasteiger partial charge in [0.25, 0.3) is 0 Å². The summed E-state index contributed by atoms with van der Waals surface area (Å²) in [6.07, 6.45) is 10.5. The SMILES string of the molecule is Cn1ccnc1CN1CCO[C@@H]2[C@@H](Cn3cccn3)CC[C@H]21. The van der Waals surface area contributed by atoms with Crippen molar-refractivity contribution in [3.63, 3.8) is 0 Å². The van der Waals surface area contributed by atoms with Crippen molar-refractivity contribution in [1.82, 2.24) is 24.2 Å². The van der Waals surface area contributed by atoms with E-state index in [1.54, 1.807) is 0 Å². The van der Waals surface area contributed by atoms with E-state index in [0.29, 0.717) is 18.1 Å². The first kappa shape index (κ1) is 14.0. The summed E-state index contributed by atoms with van der Waals surface area (Å²) in [5, 5.41) is 4.34.